The number of fused-ring (bicyclic) bond motifs is 1. The van der Waals surface area contributed by atoms with Crippen LogP contribution < -0.4 is 5.73 Å². The van der Waals surface area contributed by atoms with E-state index in [1.807, 2.05) is 12.1 Å². The number of nitrogens with zero attached hydrogens (tertiary/aromatic N) is 2. The zero-order valence-corrected chi connectivity index (χ0v) is 9.03. The van der Waals surface area contributed by atoms with Crippen LogP contribution in [0.1, 0.15) is 24.2 Å². The van der Waals surface area contributed by atoms with Gasteiger partial charge in [-0.25, -0.2) is 9.97 Å². The van der Waals surface area contributed by atoms with Crippen molar-refractivity contribution in [3.63, 3.8) is 0 Å². The van der Waals surface area contributed by atoms with Gasteiger partial charge in [-0.3, -0.25) is 0 Å². The Labute approximate surface area is 93.9 Å². The Kier molecular flexibility index (Phi) is 2.13. The Bertz CT molecular complexity index is 492. The SMILES string of the molecule is Nc1ncccc1-c1nc2c([nH]1)CCCC2. The molecule has 2 aromatic rings. The van der Waals surface area contributed by atoms with E-state index in [2.05, 4.69) is 15.0 Å². The van der Waals surface area contributed by atoms with Gasteiger partial charge in [-0.2, -0.15) is 0 Å². The maximum Gasteiger partial charge on any atom is 0.141 e. The van der Waals surface area contributed by atoms with Crippen molar-refractivity contribution in [1.82, 2.24) is 15.0 Å². The van der Waals surface area contributed by atoms with Gasteiger partial charge in [-0.15, -0.1) is 0 Å². The molecule has 0 fully saturated rings. The fraction of sp³-hybridized carbons (Fsp3) is 0.333. The van der Waals surface area contributed by atoms with Gasteiger partial charge in [0.2, 0.25) is 0 Å². The number of aromatic nitrogens is 3. The number of nitrogens with two attached hydrogens (primary N) is 1. The van der Waals surface area contributed by atoms with Gasteiger partial charge < -0.3 is 10.7 Å². The molecule has 1 aliphatic carbocycles. The third-order valence-corrected chi connectivity index (χ3v) is 3.05. The van der Waals surface area contributed by atoms with Crippen molar-refractivity contribution in [3.05, 3.63) is 29.7 Å². The molecule has 2 aromatic heterocycles. The van der Waals surface area contributed by atoms with Crippen LogP contribution in [0, 0.1) is 0 Å². The molecule has 82 valence electrons. The van der Waals surface area contributed by atoms with Crippen molar-refractivity contribution in [3.8, 4) is 11.4 Å². The number of rotatable bonds is 1. The van der Waals surface area contributed by atoms with Crippen LogP contribution in [0.15, 0.2) is 18.3 Å². The number of nitrogen functional groups attached to an aromatic ring is 1. The summed E-state index contributed by atoms with van der Waals surface area (Å²) in [4.78, 5) is 12.0. The number of anilines is 1. The molecule has 0 saturated heterocycles. The van der Waals surface area contributed by atoms with Crippen molar-refractivity contribution in [2.24, 2.45) is 0 Å². The smallest absolute Gasteiger partial charge is 0.141 e. The number of aromatic amines is 1. The van der Waals surface area contributed by atoms with E-state index < -0.39 is 0 Å². The molecule has 1 aliphatic rings. The van der Waals surface area contributed by atoms with Gasteiger partial charge in [-0.1, -0.05) is 0 Å². The predicted molar refractivity (Wildman–Crippen MR) is 62.9 cm³/mol. The summed E-state index contributed by atoms with van der Waals surface area (Å²) in [6, 6.07) is 3.83. The fourth-order valence-corrected chi connectivity index (χ4v) is 2.20. The van der Waals surface area contributed by atoms with Gasteiger partial charge >= 0.3 is 0 Å². The summed E-state index contributed by atoms with van der Waals surface area (Å²) in [5.74, 6) is 1.39. The Morgan fingerprint density at radius 1 is 1.25 bits per heavy atom. The van der Waals surface area contributed by atoms with E-state index >= 15 is 0 Å². The van der Waals surface area contributed by atoms with E-state index in [1.165, 1.54) is 24.2 Å². The van der Waals surface area contributed by atoms with Crippen molar-refractivity contribution < 1.29 is 0 Å². The van der Waals surface area contributed by atoms with Crippen LogP contribution in [0.4, 0.5) is 5.82 Å². The summed E-state index contributed by atoms with van der Waals surface area (Å²) in [7, 11) is 0. The highest BCUT2D eigenvalue weighted by Crippen LogP contribution is 2.26. The van der Waals surface area contributed by atoms with Crippen molar-refractivity contribution in [1.29, 1.82) is 0 Å². The number of H-pyrrole nitrogens is 1. The minimum atomic E-state index is 0.536. The quantitative estimate of drug-likeness (QED) is 0.762. The zero-order chi connectivity index (χ0) is 11.0. The van der Waals surface area contributed by atoms with Gasteiger partial charge in [0.1, 0.15) is 11.6 Å². The first-order valence-corrected chi connectivity index (χ1v) is 5.63. The second-order valence-corrected chi connectivity index (χ2v) is 4.15. The highest BCUT2D eigenvalue weighted by Gasteiger charge is 2.16. The maximum atomic E-state index is 5.84. The largest absolute Gasteiger partial charge is 0.383 e. The second kappa shape index (κ2) is 3.63. The standard InChI is InChI=1S/C12H14N4/c13-11-8(4-3-7-14-11)12-15-9-5-1-2-6-10(9)16-12/h3-4,7H,1-2,5-6H2,(H2,13,14)(H,15,16). The first kappa shape index (κ1) is 9.39. The summed E-state index contributed by atoms with van der Waals surface area (Å²) in [6.45, 7) is 0. The molecule has 0 radical (unpaired) electrons. The van der Waals surface area contributed by atoms with Crippen LogP contribution >= 0.6 is 0 Å². The Morgan fingerprint density at radius 3 is 2.94 bits per heavy atom. The zero-order valence-electron chi connectivity index (χ0n) is 9.03. The van der Waals surface area contributed by atoms with Crippen LogP contribution in [0.5, 0.6) is 0 Å². The summed E-state index contributed by atoms with van der Waals surface area (Å²) >= 11 is 0. The number of imidazole rings is 1. The number of hydrogen-bond acceptors (Lipinski definition) is 3. The van der Waals surface area contributed by atoms with Gasteiger partial charge in [0.25, 0.3) is 0 Å². The second-order valence-electron chi connectivity index (χ2n) is 4.15. The molecule has 3 rings (SSSR count). The molecule has 4 nitrogen and oxygen atoms in total. The molecular weight excluding hydrogens is 200 g/mol. The normalized spacial score (nSPS) is 14.8. The summed E-state index contributed by atoms with van der Waals surface area (Å²) in [5.41, 5.74) is 9.21. The fourth-order valence-electron chi connectivity index (χ4n) is 2.20. The monoisotopic (exact) mass is 214 g/mol. The van der Waals surface area contributed by atoms with E-state index in [4.69, 9.17) is 5.73 Å². The minimum absolute atomic E-state index is 0.536. The van der Waals surface area contributed by atoms with Gasteiger partial charge in [0.05, 0.1) is 11.3 Å². The molecule has 3 N–H and O–H groups in total. The number of aryl methyl sites for hydroxylation is 2. The molecule has 0 aromatic carbocycles. The molecule has 0 amide bonds. The van der Waals surface area contributed by atoms with E-state index in [-0.39, 0.29) is 0 Å². The summed E-state index contributed by atoms with van der Waals surface area (Å²) < 4.78 is 0. The number of pyridine rings is 1. The Balaban J connectivity index is 2.07. The van der Waals surface area contributed by atoms with Crippen LogP contribution in [0.25, 0.3) is 11.4 Å². The lowest BCUT2D eigenvalue weighted by Crippen LogP contribution is -2.00. The molecule has 16 heavy (non-hydrogen) atoms. The molecular formula is C12H14N4. The van der Waals surface area contributed by atoms with Crippen LogP contribution in [0.2, 0.25) is 0 Å². The molecule has 0 spiro atoms. The lowest BCUT2D eigenvalue weighted by atomic mass is 10.0. The highest BCUT2D eigenvalue weighted by atomic mass is 15.0. The van der Waals surface area contributed by atoms with Crippen molar-refractivity contribution in [2.75, 3.05) is 5.73 Å². The summed E-state index contributed by atoms with van der Waals surface area (Å²) in [5, 5.41) is 0. The molecule has 0 saturated carbocycles. The molecule has 4 heteroatoms. The van der Waals surface area contributed by atoms with Crippen molar-refractivity contribution in [2.45, 2.75) is 25.7 Å². The lowest BCUT2D eigenvalue weighted by Gasteiger charge is -2.07. The Morgan fingerprint density at radius 2 is 2.12 bits per heavy atom. The van der Waals surface area contributed by atoms with Crippen LogP contribution in [-0.2, 0) is 12.8 Å². The summed E-state index contributed by atoms with van der Waals surface area (Å²) in [6.07, 6.45) is 6.35. The predicted octanol–water partition coefficient (Wildman–Crippen LogP) is 1.93. The maximum absolute atomic E-state index is 5.84. The van der Waals surface area contributed by atoms with Gasteiger partial charge in [0, 0.05) is 11.9 Å². The van der Waals surface area contributed by atoms with Crippen molar-refractivity contribution >= 4 is 5.82 Å². The first-order chi connectivity index (χ1) is 7.84. The average Bonchev–Trinajstić information content (AvgIpc) is 2.73. The topological polar surface area (TPSA) is 67.6 Å². The third kappa shape index (κ3) is 1.46. The van der Waals surface area contributed by atoms with E-state index in [9.17, 15) is 0 Å². The number of nitrogens with one attached hydrogen (secondary N) is 1. The van der Waals surface area contributed by atoms with Crippen LogP contribution in [-0.4, -0.2) is 15.0 Å². The highest BCUT2D eigenvalue weighted by molar-refractivity contribution is 5.68. The van der Waals surface area contributed by atoms with E-state index in [0.29, 0.717) is 5.82 Å². The average molecular weight is 214 g/mol. The molecule has 0 bridgehead atoms. The van der Waals surface area contributed by atoms with E-state index in [0.717, 1.165) is 24.2 Å². The van der Waals surface area contributed by atoms with E-state index in [1.54, 1.807) is 6.20 Å². The lowest BCUT2D eigenvalue weighted by molar-refractivity contribution is 0.667. The number of hydrogen-bond donors (Lipinski definition) is 2. The van der Waals surface area contributed by atoms with Gasteiger partial charge in [0.15, 0.2) is 0 Å². The third-order valence-electron chi connectivity index (χ3n) is 3.05. The van der Waals surface area contributed by atoms with Gasteiger partial charge in [-0.05, 0) is 37.8 Å². The molecule has 0 unspecified atom stereocenters. The van der Waals surface area contributed by atoms with Crippen LogP contribution in [0.3, 0.4) is 0 Å². The minimum Gasteiger partial charge on any atom is -0.383 e. The Hall–Kier alpha value is -1.84. The molecule has 2 heterocycles. The molecule has 0 aliphatic heterocycles. The molecule has 0 atom stereocenters. The first-order valence-electron chi connectivity index (χ1n) is 5.63.